The maximum Gasteiger partial charge on any atom is 0.295 e. The van der Waals surface area contributed by atoms with Crippen molar-refractivity contribution in [1.29, 1.82) is 0 Å². The van der Waals surface area contributed by atoms with Crippen molar-refractivity contribution in [3.05, 3.63) is 99.6 Å². The molecule has 1 aliphatic heterocycles. The van der Waals surface area contributed by atoms with E-state index >= 15 is 0 Å². The SMILES string of the molecule is COc1cc(/C(O)=C2/C(=O)C(=O)N(Cc3ccccc3OC)C2c2cccc(C)c2)ccc1Cl. The van der Waals surface area contributed by atoms with Gasteiger partial charge < -0.3 is 19.5 Å². The van der Waals surface area contributed by atoms with Gasteiger partial charge in [0.2, 0.25) is 0 Å². The molecule has 7 heteroatoms. The molecular formula is C27H24ClNO5. The average Bonchev–Trinajstić information content (AvgIpc) is 3.09. The summed E-state index contributed by atoms with van der Waals surface area (Å²) in [5, 5.41) is 11.6. The van der Waals surface area contributed by atoms with Crippen LogP contribution in [-0.4, -0.2) is 35.9 Å². The number of halogens is 1. The lowest BCUT2D eigenvalue weighted by atomic mass is 9.94. The van der Waals surface area contributed by atoms with Gasteiger partial charge in [0, 0.05) is 11.1 Å². The van der Waals surface area contributed by atoms with E-state index in [4.69, 9.17) is 21.1 Å². The summed E-state index contributed by atoms with van der Waals surface area (Å²) in [5.74, 6) is -0.786. The van der Waals surface area contributed by atoms with Crippen LogP contribution >= 0.6 is 11.6 Å². The molecule has 1 N–H and O–H groups in total. The first-order valence-corrected chi connectivity index (χ1v) is 11.0. The van der Waals surface area contributed by atoms with Crippen molar-refractivity contribution in [1.82, 2.24) is 4.90 Å². The molecule has 0 spiro atoms. The van der Waals surface area contributed by atoms with Crippen LogP contribution in [0.3, 0.4) is 0 Å². The molecule has 1 atom stereocenters. The fourth-order valence-corrected chi connectivity index (χ4v) is 4.40. The van der Waals surface area contributed by atoms with Crippen molar-refractivity contribution < 1.29 is 24.2 Å². The Hall–Kier alpha value is -3.77. The third-order valence-corrected chi connectivity index (χ3v) is 6.17. The maximum atomic E-state index is 13.3. The normalized spacial score (nSPS) is 17.2. The van der Waals surface area contributed by atoms with Crippen LogP contribution in [0.5, 0.6) is 11.5 Å². The lowest BCUT2D eigenvalue weighted by Crippen LogP contribution is -2.29. The minimum absolute atomic E-state index is 0.00914. The fourth-order valence-electron chi connectivity index (χ4n) is 4.21. The average molecular weight is 478 g/mol. The van der Waals surface area contributed by atoms with Crippen LogP contribution in [0, 0.1) is 6.92 Å². The van der Waals surface area contributed by atoms with E-state index in [1.165, 1.54) is 12.0 Å². The molecule has 174 valence electrons. The zero-order valence-corrected chi connectivity index (χ0v) is 19.8. The first-order valence-electron chi connectivity index (χ1n) is 10.7. The van der Waals surface area contributed by atoms with E-state index < -0.39 is 17.7 Å². The predicted octanol–water partition coefficient (Wildman–Crippen LogP) is 5.29. The zero-order chi connectivity index (χ0) is 24.4. The molecule has 1 fully saturated rings. The number of carbonyl (C=O) groups excluding carboxylic acids is 2. The summed E-state index contributed by atoms with van der Waals surface area (Å²) >= 11 is 6.13. The molecule has 0 saturated carbocycles. The highest BCUT2D eigenvalue weighted by atomic mass is 35.5. The van der Waals surface area contributed by atoms with Crippen LogP contribution in [0.15, 0.2) is 72.3 Å². The summed E-state index contributed by atoms with van der Waals surface area (Å²) in [7, 11) is 3.02. The molecule has 1 heterocycles. The molecule has 3 aromatic carbocycles. The van der Waals surface area contributed by atoms with E-state index in [9.17, 15) is 14.7 Å². The zero-order valence-electron chi connectivity index (χ0n) is 19.0. The molecule has 1 amide bonds. The van der Waals surface area contributed by atoms with Crippen molar-refractivity contribution in [2.75, 3.05) is 14.2 Å². The number of aliphatic hydroxyl groups is 1. The van der Waals surface area contributed by atoms with Gasteiger partial charge in [-0.25, -0.2) is 0 Å². The number of para-hydroxylation sites is 1. The molecule has 4 rings (SSSR count). The first-order chi connectivity index (χ1) is 16.3. The van der Waals surface area contributed by atoms with Gasteiger partial charge in [0.1, 0.15) is 17.3 Å². The number of likely N-dealkylation sites (tertiary alicyclic amines) is 1. The Labute approximate surface area is 203 Å². The van der Waals surface area contributed by atoms with E-state index in [2.05, 4.69) is 0 Å². The van der Waals surface area contributed by atoms with Gasteiger partial charge in [-0.2, -0.15) is 0 Å². The number of rotatable bonds is 6. The second-order valence-corrected chi connectivity index (χ2v) is 8.41. The standard InChI is InChI=1S/C27H24ClNO5/c1-16-7-6-9-17(13-16)24-23(25(30)18-11-12-20(28)22(14-18)34-3)26(31)27(32)29(24)15-19-8-4-5-10-21(19)33-2/h4-14,24,30H,15H2,1-3H3/b25-23-. The molecule has 0 bridgehead atoms. The van der Waals surface area contributed by atoms with Gasteiger partial charge >= 0.3 is 0 Å². The molecule has 34 heavy (non-hydrogen) atoms. The number of ether oxygens (including phenoxy) is 2. The third-order valence-electron chi connectivity index (χ3n) is 5.86. The summed E-state index contributed by atoms with van der Waals surface area (Å²) in [6.07, 6.45) is 0. The van der Waals surface area contributed by atoms with Crippen LogP contribution < -0.4 is 9.47 Å². The van der Waals surface area contributed by atoms with E-state index in [-0.39, 0.29) is 17.9 Å². The number of ketones is 1. The van der Waals surface area contributed by atoms with Crippen molar-refractivity contribution >= 4 is 29.1 Å². The second-order valence-electron chi connectivity index (χ2n) is 8.00. The van der Waals surface area contributed by atoms with Gasteiger partial charge in [-0.3, -0.25) is 9.59 Å². The molecule has 3 aromatic rings. The Morgan fingerprint density at radius 2 is 1.71 bits per heavy atom. The second kappa shape index (κ2) is 9.61. The largest absolute Gasteiger partial charge is 0.507 e. The highest BCUT2D eigenvalue weighted by Crippen LogP contribution is 2.42. The number of aliphatic hydroxyl groups excluding tert-OH is 1. The van der Waals surface area contributed by atoms with Crippen LogP contribution in [0.25, 0.3) is 5.76 Å². The molecule has 0 radical (unpaired) electrons. The Morgan fingerprint density at radius 1 is 0.971 bits per heavy atom. The topological polar surface area (TPSA) is 76.1 Å². The van der Waals surface area contributed by atoms with Crippen molar-refractivity contribution in [2.24, 2.45) is 0 Å². The van der Waals surface area contributed by atoms with Crippen LogP contribution in [0.1, 0.15) is 28.3 Å². The van der Waals surface area contributed by atoms with Crippen LogP contribution in [0.2, 0.25) is 5.02 Å². The van der Waals surface area contributed by atoms with Crippen LogP contribution in [0.4, 0.5) is 0 Å². The predicted molar refractivity (Wildman–Crippen MR) is 130 cm³/mol. The first kappa shape index (κ1) is 23.4. The van der Waals surface area contributed by atoms with Crippen molar-refractivity contribution in [3.8, 4) is 11.5 Å². The summed E-state index contributed by atoms with van der Waals surface area (Å²) in [6, 6.07) is 18.8. The van der Waals surface area contributed by atoms with E-state index in [1.54, 1.807) is 31.4 Å². The minimum atomic E-state index is -0.786. The van der Waals surface area contributed by atoms with Gasteiger partial charge in [-0.1, -0.05) is 59.6 Å². The number of aryl methyl sites for hydroxylation is 1. The number of hydrogen-bond acceptors (Lipinski definition) is 5. The quantitative estimate of drug-likeness (QED) is 0.296. The number of methoxy groups -OCH3 is 2. The number of benzene rings is 3. The Balaban J connectivity index is 1.89. The third kappa shape index (κ3) is 4.24. The van der Waals surface area contributed by atoms with Crippen molar-refractivity contribution in [3.63, 3.8) is 0 Å². The van der Waals surface area contributed by atoms with Gasteiger partial charge in [0.25, 0.3) is 11.7 Å². The van der Waals surface area contributed by atoms with Gasteiger partial charge in [0.15, 0.2) is 0 Å². The maximum absolute atomic E-state index is 13.3. The molecule has 1 unspecified atom stereocenters. The molecule has 1 saturated heterocycles. The number of nitrogens with zero attached hydrogens (tertiary/aromatic N) is 1. The summed E-state index contributed by atoms with van der Waals surface area (Å²) in [6.45, 7) is 2.06. The van der Waals surface area contributed by atoms with Crippen LogP contribution in [-0.2, 0) is 16.1 Å². The lowest BCUT2D eigenvalue weighted by Gasteiger charge is -2.26. The Kier molecular flexibility index (Phi) is 6.61. The van der Waals surface area contributed by atoms with Crippen molar-refractivity contribution in [2.45, 2.75) is 19.5 Å². The molecule has 0 aliphatic carbocycles. The number of hydrogen-bond donors (Lipinski definition) is 1. The van der Waals surface area contributed by atoms with E-state index in [0.29, 0.717) is 22.1 Å². The number of Topliss-reactive ketones (excluding diaryl/α,β-unsaturated/α-hetero) is 1. The summed E-state index contributed by atoms with van der Waals surface area (Å²) in [4.78, 5) is 28.0. The van der Waals surface area contributed by atoms with Gasteiger partial charge in [-0.15, -0.1) is 0 Å². The number of amides is 1. The highest BCUT2D eigenvalue weighted by molar-refractivity contribution is 6.46. The monoisotopic (exact) mass is 477 g/mol. The molecule has 0 aromatic heterocycles. The summed E-state index contributed by atoms with van der Waals surface area (Å²) in [5.41, 5.74) is 2.77. The molecular weight excluding hydrogens is 454 g/mol. The van der Waals surface area contributed by atoms with E-state index in [1.807, 2.05) is 49.4 Å². The number of carbonyl (C=O) groups is 2. The smallest absolute Gasteiger partial charge is 0.295 e. The molecule has 1 aliphatic rings. The Morgan fingerprint density at radius 3 is 2.41 bits per heavy atom. The minimum Gasteiger partial charge on any atom is -0.507 e. The highest BCUT2D eigenvalue weighted by Gasteiger charge is 2.46. The van der Waals surface area contributed by atoms with E-state index in [0.717, 1.165) is 16.7 Å². The lowest BCUT2D eigenvalue weighted by molar-refractivity contribution is -0.140. The van der Waals surface area contributed by atoms with Gasteiger partial charge in [-0.05, 0) is 36.8 Å². The Bertz CT molecular complexity index is 1300. The molecule has 6 nitrogen and oxygen atoms in total. The fraction of sp³-hybridized carbons (Fsp3) is 0.185. The summed E-state index contributed by atoms with van der Waals surface area (Å²) < 4.78 is 10.7. The van der Waals surface area contributed by atoms with Gasteiger partial charge in [0.05, 0.1) is 37.4 Å².